The molecule has 3 aromatic rings. The molecule has 0 unspecified atom stereocenters. The Labute approximate surface area is 181 Å². The lowest BCUT2D eigenvalue weighted by molar-refractivity contribution is 0.0504. The van der Waals surface area contributed by atoms with Crippen molar-refractivity contribution in [1.82, 2.24) is 0 Å². The van der Waals surface area contributed by atoms with Gasteiger partial charge in [0.2, 0.25) is 0 Å². The number of esters is 1. The van der Waals surface area contributed by atoms with Gasteiger partial charge in [-0.05, 0) is 41.5 Å². The number of ether oxygens (including phenoxy) is 2. The zero-order chi connectivity index (χ0) is 21.6. The van der Waals surface area contributed by atoms with E-state index in [1.165, 1.54) is 0 Å². The molecule has 6 nitrogen and oxygen atoms in total. The first-order valence-corrected chi connectivity index (χ1v) is 10.6. The van der Waals surface area contributed by atoms with Crippen molar-refractivity contribution in [2.24, 2.45) is 0 Å². The van der Waals surface area contributed by atoms with Gasteiger partial charge in [0.15, 0.2) is 0 Å². The van der Waals surface area contributed by atoms with Crippen LogP contribution in [0.1, 0.15) is 34.1 Å². The summed E-state index contributed by atoms with van der Waals surface area (Å²) < 4.78 is 10.8. The van der Waals surface area contributed by atoms with Crippen LogP contribution in [0.3, 0.4) is 0 Å². The van der Waals surface area contributed by atoms with Gasteiger partial charge in [0.1, 0.15) is 0 Å². The Morgan fingerprint density at radius 1 is 1.00 bits per heavy atom. The van der Waals surface area contributed by atoms with Gasteiger partial charge in [-0.3, -0.25) is 4.79 Å². The van der Waals surface area contributed by atoms with Crippen molar-refractivity contribution in [3.63, 3.8) is 0 Å². The Morgan fingerprint density at radius 3 is 2.58 bits per heavy atom. The van der Waals surface area contributed by atoms with Gasteiger partial charge in [-0.1, -0.05) is 43.3 Å². The largest absolute Gasteiger partial charge is 0.462 e. The molecule has 6 heteroatoms. The summed E-state index contributed by atoms with van der Waals surface area (Å²) in [5.74, 6) is -0.603. The lowest BCUT2D eigenvalue weighted by Crippen LogP contribution is -2.37. The highest BCUT2D eigenvalue weighted by molar-refractivity contribution is 6.13. The molecule has 0 radical (unpaired) electrons. The minimum atomic E-state index is -0.385. The van der Waals surface area contributed by atoms with Crippen molar-refractivity contribution in [3.8, 4) is 0 Å². The normalized spacial score (nSPS) is 13.8. The Kier molecular flexibility index (Phi) is 6.48. The number of rotatable bonds is 6. The third-order valence-electron chi connectivity index (χ3n) is 5.30. The molecule has 0 aromatic heterocycles. The second-order valence-electron chi connectivity index (χ2n) is 7.45. The number of carbonyl (C=O) groups excluding carboxylic acids is 2. The van der Waals surface area contributed by atoms with E-state index in [1.807, 2.05) is 55.5 Å². The van der Waals surface area contributed by atoms with Crippen LogP contribution in [0.5, 0.6) is 0 Å². The maximum atomic E-state index is 13.0. The molecule has 4 rings (SSSR count). The van der Waals surface area contributed by atoms with Crippen LogP contribution in [-0.2, 0) is 9.47 Å². The number of morpholine rings is 1. The second kappa shape index (κ2) is 9.62. The molecule has 1 aliphatic heterocycles. The van der Waals surface area contributed by atoms with Gasteiger partial charge in [0, 0.05) is 24.3 Å². The van der Waals surface area contributed by atoms with Crippen molar-refractivity contribution in [2.75, 3.05) is 43.1 Å². The van der Waals surface area contributed by atoms with Gasteiger partial charge in [-0.25, -0.2) is 4.79 Å². The first-order chi connectivity index (χ1) is 15.2. The number of benzene rings is 3. The van der Waals surface area contributed by atoms with Gasteiger partial charge in [0.05, 0.1) is 31.1 Å². The lowest BCUT2D eigenvalue weighted by atomic mass is 10.0. The molecule has 0 bridgehead atoms. The smallest absolute Gasteiger partial charge is 0.340 e. The van der Waals surface area contributed by atoms with Gasteiger partial charge in [0.25, 0.3) is 5.91 Å². The molecular weight excluding hydrogens is 392 g/mol. The Bertz CT molecular complexity index is 1080. The summed E-state index contributed by atoms with van der Waals surface area (Å²) in [6.07, 6.45) is 0.746. The summed E-state index contributed by atoms with van der Waals surface area (Å²) >= 11 is 0. The standard InChI is InChI=1S/C25H26N2O4/c1-2-14-31-25(29)22-17-19(10-11-23(22)27-12-15-30-16-13-27)26-24(28)21-9-5-7-18-6-3-4-8-20(18)21/h3-11,17H,2,12-16H2,1H3,(H,26,28). The molecule has 1 saturated heterocycles. The number of hydrogen-bond donors (Lipinski definition) is 1. The SMILES string of the molecule is CCCOC(=O)c1cc(NC(=O)c2cccc3ccccc23)ccc1N1CCOCC1. The Hall–Kier alpha value is -3.38. The average molecular weight is 418 g/mol. The average Bonchev–Trinajstić information content (AvgIpc) is 2.82. The fourth-order valence-corrected chi connectivity index (χ4v) is 3.75. The van der Waals surface area contributed by atoms with Crippen LogP contribution in [0.15, 0.2) is 60.7 Å². The molecule has 0 saturated carbocycles. The highest BCUT2D eigenvalue weighted by Gasteiger charge is 2.21. The van der Waals surface area contributed by atoms with E-state index >= 15 is 0 Å². The van der Waals surface area contributed by atoms with E-state index in [9.17, 15) is 9.59 Å². The van der Waals surface area contributed by atoms with Crippen LogP contribution in [0.4, 0.5) is 11.4 Å². The number of amides is 1. The minimum Gasteiger partial charge on any atom is -0.462 e. The molecule has 0 aliphatic carbocycles. The van der Waals surface area contributed by atoms with Crippen LogP contribution in [0, 0.1) is 0 Å². The van der Waals surface area contributed by atoms with Crippen molar-refractivity contribution in [1.29, 1.82) is 0 Å². The quantitative estimate of drug-likeness (QED) is 0.597. The highest BCUT2D eigenvalue weighted by Crippen LogP contribution is 2.27. The maximum Gasteiger partial charge on any atom is 0.340 e. The van der Waals surface area contributed by atoms with Crippen LogP contribution in [0.2, 0.25) is 0 Å². The molecule has 1 heterocycles. The fourth-order valence-electron chi connectivity index (χ4n) is 3.75. The maximum absolute atomic E-state index is 13.0. The number of hydrogen-bond acceptors (Lipinski definition) is 5. The predicted molar refractivity (Wildman–Crippen MR) is 122 cm³/mol. The van der Waals surface area contributed by atoms with Gasteiger partial charge in [-0.15, -0.1) is 0 Å². The Balaban J connectivity index is 1.63. The zero-order valence-electron chi connectivity index (χ0n) is 17.6. The number of nitrogens with zero attached hydrogens (tertiary/aromatic N) is 1. The van der Waals surface area contributed by atoms with Gasteiger partial charge >= 0.3 is 5.97 Å². The summed E-state index contributed by atoms with van der Waals surface area (Å²) in [5.41, 5.74) is 2.39. The molecule has 31 heavy (non-hydrogen) atoms. The third kappa shape index (κ3) is 4.70. The van der Waals surface area contributed by atoms with E-state index in [4.69, 9.17) is 9.47 Å². The van der Waals surface area contributed by atoms with Crippen molar-refractivity contribution in [3.05, 3.63) is 71.8 Å². The molecule has 1 N–H and O–H groups in total. The van der Waals surface area contributed by atoms with Crippen molar-refractivity contribution >= 4 is 34.0 Å². The first-order valence-electron chi connectivity index (χ1n) is 10.6. The van der Waals surface area contributed by atoms with Crippen molar-refractivity contribution < 1.29 is 19.1 Å². The molecule has 1 aliphatic rings. The van der Waals surface area contributed by atoms with E-state index in [0.717, 1.165) is 22.9 Å². The topological polar surface area (TPSA) is 67.9 Å². The Morgan fingerprint density at radius 2 is 1.77 bits per heavy atom. The number of anilines is 2. The monoisotopic (exact) mass is 418 g/mol. The molecular formula is C25H26N2O4. The molecule has 3 aromatic carbocycles. The van der Waals surface area contributed by atoms with Crippen LogP contribution >= 0.6 is 0 Å². The predicted octanol–water partition coefficient (Wildman–Crippen LogP) is 4.50. The fraction of sp³-hybridized carbons (Fsp3) is 0.280. The lowest BCUT2D eigenvalue weighted by Gasteiger charge is -2.30. The summed E-state index contributed by atoms with van der Waals surface area (Å²) in [4.78, 5) is 27.9. The molecule has 0 atom stereocenters. The second-order valence-corrected chi connectivity index (χ2v) is 7.45. The van der Waals surface area contributed by atoms with Crippen molar-refractivity contribution in [2.45, 2.75) is 13.3 Å². The summed E-state index contributed by atoms with van der Waals surface area (Å²) in [5, 5.41) is 4.83. The summed E-state index contributed by atoms with van der Waals surface area (Å²) in [6, 6.07) is 18.8. The van der Waals surface area contributed by atoms with E-state index in [1.54, 1.807) is 12.1 Å². The van der Waals surface area contributed by atoms with E-state index in [0.29, 0.717) is 49.7 Å². The first kappa shape index (κ1) is 20.9. The highest BCUT2D eigenvalue weighted by atomic mass is 16.5. The van der Waals surface area contributed by atoms with Crippen LogP contribution < -0.4 is 10.2 Å². The van der Waals surface area contributed by atoms with E-state index in [2.05, 4.69) is 10.2 Å². The molecule has 0 spiro atoms. The summed E-state index contributed by atoms with van der Waals surface area (Å²) in [6.45, 7) is 4.95. The summed E-state index contributed by atoms with van der Waals surface area (Å²) in [7, 11) is 0. The van der Waals surface area contributed by atoms with Crippen LogP contribution in [-0.4, -0.2) is 44.8 Å². The van der Waals surface area contributed by atoms with Gasteiger partial charge in [-0.2, -0.15) is 0 Å². The van der Waals surface area contributed by atoms with Crippen LogP contribution in [0.25, 0.3) is 10.8 Å². The van der Waals surface area contributed by atoms with E-state index in [-0.39, 0.29) is 11.9 Å². The number of carbonyl (C=O) groups is 2. The molecule has 160 valence electrons. The minimum absolute atomic E-state index is 0.219. The third-order valence-corrected chi connectivity index (χ3v) is 5.30. The number of fused-ring (bicyclic) bond motifs is 1. The molecule has 1 amide bonds. The number of nitrogens with one attached hydrogen (secondary N) is 1. The van der Waals surface area contributed by atoms with E-state index < -0.39 is 0 Å². The zero-order valence-corrected chi connectivity index (χ0v) is 17.6. The van der Waals surface area contributed by atoms with Gasteiger partial charge < -0.3 is 19.7 Å². The molecule has 1 fully saturated rings.